The Hall–Kier alpha value is -0.425. The van der Waals surface area contributed by atoms with Crippen LogP contribution >= 0.6 is 22.6 Å². The standard InChI is InChI=1S/C7H7BINO2/c9-6-1-2-7(12-8-10)5(3-6)4-11/h1-3,10-11H,4H2. The molecule has 2 N–H and O–H groups in total. The third-order valence-electron chi connectivity index (χ3n) is 1.38. The van der Waals surface area contributed by atoms with E-state index in [0.29, 0.717) is 11.3 Å². The van der Waals surface area contributed by atoms with Crippen LogP contribution in [0.3, 0.4) is 0 Å². The molecule has 0 aliphatic carbocycles. The minimum absolute atomic E-state index is 0.0694. The molecule has 0 aromatic heterocycles. The number of rotatable bonds is 3. The van der Waals surface area contributed by atoms with E-state index >= 15 is 0 Å². The molecule has 5 heteroatoms. The van der Waals surface area contributed by atoms with Gasteiger partial charge in [0.1, 0.15) is 0 Å². The van der Waals surface area contributed by atoms with Crippen LogP contribution in [-0.4, -0.2) is 12.4 Å². The number of hydrogen-bond donors (Lipinski definition) is 2. The van der Waals surface area contributed by atoms with Crippen molar-refractivity contribution in [3.05, 3.63) is 27.3 Å². The Morgan fingerprint density at radius 2 is 2.33 bits per heavy atom. The van der Waals surface area contributed by atoms with Crippen molar-refractivity contribution < 1.29 is 9.76 Å². The van der Waals surface area contributed by atoms with Crippen molar-refractivity contribution >= 4 is 29.9 Å². The van der Waals surface area contributed by atoms with E-state index in [4.69, 9.17) is 15.1 Å². The average Bonchev–Trinajstić information content (AvgIpc) is 2.08. The molecule has 0 heterocycles. The van der Waals surface area contributed by atoms with Crippen molar-refractivity contribution in [1.29, 1.82) is 5.31 Å². The van der Waals surface area contributed by atoms with Crippen molar-refractivity contribution in [2.45, 2.75) is 6.61 Å². The van der Waals surface area contributed by atoms with Gasteiger partial charge < -0.3 is 0 Å². The maximum absolute atomic E-state index is 8.91. The Labute approximate surface area is 84.7 Å². The molecule has 1 rings (SSSR count). The zero-order valence-electron chi connectivity index (χ0n) is 6.25. The van der Waals surface area contributed by atoms with Crippen LogP contribution < -0.4 is 4.65 Å². The van der Waals surface area contributed by atoms with Crippen LogP contribution in [0.5, 0.6) is 5.75 Å². The third kappa shape index (κ3) is 2.28. The van der Waals surface area contributed by atoms with Gasteiger partial charge in [0, 0.05) is 0 Å². The van der Waals surface area contributed by atoms with Crippen molar-refractivity contribution in [3.63, 3.8) is 0 Å². The van der Waals surface area contributed by atoms with E-state index in [9.17, 15) is 0 Å². The fourth-order valence-electron chi connectivity index (χ4n) is 0.850. The molecule has 62 valence electrons. The van der Waals surface area contributed by atoms with Gasteiger partial charge >= 0.3 is 84.6 Å². The second-order valence-electron chi connectivity index (χ2n) is 2.15. The van der Waals surface area contributed by atoms with Crippen LogP contribution in [-0.2, 0) is 6.61 Å². The van der Waals surface area contributed by atoms with Crippen LogP contribution in [0.4, 0.5) is 0 Å². The molecule has 0 radical (unpaired) electrons. The van der Waals surface area contributed by atoms with Gasteiger partial charge in [-0.1, -0.05) is 0 Å². The molecule has 0 fully saturated rings. The zero-order chi connectivity index (χ0) is 8.97. The molecule has 0 aliphatic heterocycles. The van der Waals surface area contributed by atoms with Gasteiger partial charge in [0.05, 0.1) is 0 Å². The molecule has 1 aromatic carbocycles. The van der Waals surface area contributed by atoms with Gasteiger partial charge in [0.25, 0.3) is 0 Å². The van der Waals surface area contributed by atoms with Crippen molar-refractivity contribution in [1.82, 2.24) is 0 Å². The first kappa shape index (κ1) is 9.66. The van der Waals surface area contributed by atoms with Gasteiger partial charge in [-0.3, -0.25) is 0 Å². The zero-order valence-corrected chi connectivity index (χ0v) is 8.41. The van der Waals surface area contributed by atoms with Gasteiger partial charge in [-0.2, -0.15) is 0 Å². The van der Waals surface area contributed by atoms with Crippen LogP contribution in [0.1, 0.15) is 5.56 Å². The summed E-state index contributed by atoms with van der Waals surface area (Å²) in [6.07, 6.45) is 0. The molecule has 1 aromatic rings. The SMILES string of the molecule is N=BOc1ccc(I)cc1CO. The van der Waals surface area contributed by atoms with Gasteiger partial charge in [-0.05, 0) is 0 Å². The number of halogens is 1. The summed E-state index contributed by atoms with van der Waals surface area (Å²) in [6, 6.07) is 5.41. The topological polar surface area (TPSA) is 53.3 Å². The fourth-order valence-corrected chi connectivity index (χ4v) is 1.41. The predicted molar refractivity (Wildman–Crippen MR) is 54.2 cm³/mol. The first-order chi connectivity index (χ1) is 5.77. The van der Waals surface area contributed by atoms with E-state index in [0.717, 1.165) is 10.8 Å². The summed E-state index contributed by atoms with van der Waals surface area (Å²) in [5.74, 6) is 0.535. The summed E-state index contributed by atoms with van der Waals surface area (Å²) in [4.78, 5) is 0. The summed E-state index contributed by atoms with van der Waals surface area (Å²) in [5.41, 5.74) is 0.699. The summed E-state index contributed by atoms with van der Waals surface area (Å²) < 4.78 is 5.90. The molecule has 3 nitrogen and oxygen atoms in total. The van der Waals surface area contributed by atoms with E-state index in [2.05, 4.69) is 22.6 Å². The molecule has 0 spiro atoms. The molecule has 0 saturated heterocycles. The normalized spacial score (nSPS) is 9.17. The van der Waals surface area contributed by atoms with E-state index in [1.807, 2.05) is 12.1 Å². The predicted octanol–water partition coefficient (Wildman–Crippen LogP) is 1.54. The second-order valence-corrected chi connectivity index (χ2v) is 3.39. The second kappa shape index (κ2) is 4.56. The van der Waals surface area contributed by atoms with Gasteiger partial charge in [-0.25, -0.2) is 0 Å². The quantitative estimate of drug-likeness (QED) is 0.649. The van der Waals surface area contributed by atoms with Crippen LogP contribution in [0.25, 0.3) is 0 Å². The van der Waals surface area contributed by atoms with Crippen LogP contribution in [0, 0.1) is 8.88 Å². The summed E-state index contributed by atoms with van der Waals surface area (Å²) >= 11 is 2.15. The Balaban J connectivity index is 3.01. The Morgan fingerprint density at radius 3 is 2.92 bits per heavy atom. The van der Waals surface area contributed by atoms with Crippen LogP contribution in [0.15, 0.2) is 18.2 Å². The fraction of sp³-hybridized carbons (Fsp3) is 0.143. The number of nitrogens with one attached hydrogen (secondary N) is 1. The number of aliphatic hydroxyl groups excluding tert-OH is 1. The van der Waals surface area contributed by atoms with Crippen molar-refractivity contribution in [3.8, 4) is 5.75 Å². The monoisotopic (exact) mass is 275 g/mol. The molecule has 0 saturated carbocycles. The molecule has 12 heavy (non-hydrogen) atoms. The van der Waals surface area contributed by atoms with E-state index in [-0.39, 0.29) is 6.61 Å². The first-order valence-corrected chi connectivity index (χ1v) is 4.40. The summed E-state index contributed by atoms with van der Waals surface area (Å²) in [6.45, 7) is -0.0694. The van der Waals surface area contributed by atoms with Crippen LogP contribution in [0.2, 0.25) is 0 Å². The summed E-state index contributed by atoms with van der Waals surface area (Å²) in [7, 11) is 0.849. The average molecular weight is 275 g/mol. The van der Waals surface area contributed by atoms with E-state index < -0.39 is 0 Å². The molecular weight excluding hydrogens is 268 g/mol. The van der Waals surface area contributed by atoms with Crippen molar-refractivity contribution in [2.75, 3.05) is 0 Å². The Bertz CT molecular complexity index is 293. The van der Waals surface area contributed by atoms with Crippen molar-refractivity contribution in [2.24, 2.45) is 0 Å². The van der Waals surface area contributed by atoms with E-state index in [1.54, 1.807) is 6.07 Å². The molecular formula is C7H7BINO2. The molecule has 0 unspecified atom stereocenters. The van der Waals surface area contributed by atoms with Gasteiger partial charge in [-0.15, -0.1) is 0 Å². The number of aliphatic hydroxyl groups is 1. The number of benzene rings is 1. The minimum atomic E-state index is -0.0694. The van der Waals surface area contributed by atoms with Gasteiger partial charge in [0.2, 0.25) is 0 Å². The molecule has 0 amide bonds. The molecule has 0 aliphatic rings. The Kier molecular flexibility index (Phi) is 3.67. The maximum atomic E-state index is 8.91. The number of hydrogen-bond acceptors (Lipinski definition) is 3. The first-order valence-electron chi connectivity index (χ1n) is 3.33. The summed E-state index contributed by atoms with van der Waals surface area (Å²) in [5, 5.41) is 15.6. The van der Waals surface area contributed by atoms with Gasteiger partial charge in [0.15, 0.2) is 0 Å². The Morgan fingerprint density at radius 1 is 1.58 bits per heavy atom. The molecule has 0 bridgehead atoms. The van der Waals surface area contributed by atoms with E-state index in [1.165, 1.54) is 0 Å². The third-order valence-corrected chi connectivity index (χ3v) is 2.05. The molecule has 0 atom stereocenters.